The van der Waals surface area contributed by atoms with Crippen LogP contribution in [0.1, 0.15) is 26.7 Å². The number of carbonyl (C=O) groups is 2. The number of nitrogens with zero attached hydrogens (tertiary/aromatic N) is 1. The first-order valence-electron chi connectivity index (χ1n) is 6.21. The second-order valence-corrected chi connectivity index (χ2v) is 4.12. The summed E-state index contributed by atoms with van der Waals surface area (Å²) in [7, 11) is 0. The van der Waals surface area contributed by atoms with Gasteiger partial charge in [-0.1, -0.05) is 13.8 Å². The summed E-state index contributed by atoms with van der Waals surface area (Å²) in [6.45, 7) is 7.97. The molecule has 0 aromatic carbocycles. The number of hydrogen-bond acceptors (Lipinski definition) is 4. The predicted octanol–water partition coefficient (Wildman–Crippen LogP) is -0.772. The summed E-state index contributed by atoms with van der Waals surface area (Å²) in [5.74, 6) is -0.240. The third-order valence-corrected chi connectivity index (χ3v) is 2.94. The molecule has 2 amide bonds. The van der Waals surface area contributed by atoms with Gasteiger partial charge in [-0.05, 0) is 26.1 Å². The van der Waals surface area contributed by atoms with Crippen molar-refractivity contribution in [2.24, 2.45) is 0 Å². The molecule has 1 atom stereocenters. The van der Waals surface area contributed by atoms with E-state index in [2.05, 4.69) is 34.9 Å². The highest BCUT2D eigenvalue weighted by Gasteiger charge is 2.26. The van der Waals surface area contributed by atoms with Crippen LogP contribution >= 0.6 is 0 Å². The third-order valence-electron chi connectivity index (χ3n) is 2.94. The Labute approximate surface area is 102 Å². The smallest absolute Gasteiger partial charge is 0.239 e. The maximum Gasteiger partial charge on any atom is 0.239 e. The van der Waals surface area contributed by atoms with E-state index in [1.165, 1.54) is 0 Å². The van der Waals surface area contributed by atoms with Crippen molar-refractivity contribution in [1.29, 1.82) is 0 Å². The van der Waals surface area contributed by atoms with Gasteiger partial charge >= 0.3 is 0 Å². The molecule has 1 aliphatic heterocycles. The quantitative estimate of drug-likeness (QED) is 0.512. The molecule has 1 unspecified atom stereocenters. The van der Waals surface area contributed by atoms with Crippen LogP contribution in [-0.4, -0.2) is 48.9 Å². The molecule has 0 bridgehead atoms. The Hall–Kier alpha value is -1.14. The molecule has 98 valence electrons. The molecule has 6 heteroatoms. The monoisotopic (exact) mass is 242 g/mol. The summed E-state index contributed by atoms with van der Waals surface area (Å²) >= 11 is 0. The van der Waals surface area contributed by atoms with Gasteiger partial charge in [0.2, 0.25) is 11.8 Å². The van der Waals surface area contributed by atoms with Crippen LogP contribution in [0.2, 0.25) is 0 Å². The lowest BCUT2D eigenvalue weighted by Crippen LogP contribution is -2.43. The van der Waals surface area contributed by atoms with E-state index in [9.17, 15) is 9.59 Å². The maximum absolute atomic E-state index is 11.6. The summed E-state index contributed by atoms with van der Waals surface area (Å²) in [6, 6.07) is -0.420. The van der Waals surface area contributed by atoms with Crippen LogP contribution in [0.3, 0.4) is 0 Å². The zero-order valence-corrected chi connectivity index (χ0v) is 10.6. The molecular weight excluding hydrogens is 220 g/mol. The van der Waals surface area contributed by atoms with Crippen LogP contribution in [0, 0.1) is 0 Å². The van der Waals surface area contributed by atoms with Crippen LogP contribution in [0.25, 0.3) is 0 Å². The first kappa shape index (κ1) is 13.9. The molecule has 0 saturated carbocycles. The Morgan fingerprint density at radius 3 is 2.71 bits per heavy atom. The molecule has 6 nitrogen and oxygen atoms in total. The van der Waals surface area contributed by atoms with Crippen molar-refractivity contribution in [3.8, 4) is 0 Å². The van der Waals surface area contributed by atoms with Gasteiger partial charge in [0.1, 0.15) is 6.04 Å². The van der Waals surface area contributed by atoms with E-state index < -0.39 is 6.04 Å². The molecule has 1 rings (SSSR count). The number of rotatable bonds is 7. The van der Waals surface area contributed by atoms with Gasteiger partial charge in [-0.3, -0.25) is 15.0 Å². The van der Waals surface area contributed by atoms with E-state index in [4.69, 9.17) is 0 Å². The highest BCUT2D eigenvalue weighted by molar-refractivity contribution is 5.90. The van der Waals surface area contributed by atoms with Gasteiger partial charge in [0.05, 0.1) is 6.42 Å². The zero-order chi connectivity index (χ0) is 12.7. The Kier molecular flexibility index (Phi) is 5.93. The first-order chi connectivity index (χ1) is 8.17. The fourth-order valence-electron chi connectivity index (χ4n) is 1.79. The van der Waals surface area contributed by atoms with Crippen molar-refractivity contribution >= 4 is 11.8 Å². The standard InChI is InChI=1S/C11H22N4O2/c1-3-15(4-2)7-5-6-12-11(17)9-8-10(16)14-13-9/h9,13H,3-8H2,1-2H3,(H,12,17)(H,14,16). The normalized spacial score (nSPS) is 19.5. The summed E-state index contributed by atoms with van der Waals surface area (Å²) < 4.78 is 0. The lowest BCUT2D eigenvalue weighted by atomic mass is 10.2. The van der Waals surface area contributed by atoms with E-state index >= 15 is 0 Å². The minimum absolute atomic E-state index is 0.108. The van der Waals surface area contributed by atoms with Crippen LogP contribution in [0.15, 0.2) is 0 Å². The molecule has 0 aromatic rings. The average molecular weight is 242 g/mol. The van der Waals surface area contributed by atoms with Gasteiger partial charge in [0.15, 0.2) is 0 Å². The van der Waals surface area contributed by atoms with Crippen molar-refractivity contribution in [1.82, 2.24) is 21.1 Å². The largest absolute Gasteiger partial charge is 0.355 e. The maximum atomic E-state index is 11.6. The second-order valence-electron chi connectivity index (χ2n) is 4.12. The van der Waals surface area contributed by atoms with Gasteiger partial charge in [-0.25, -0.2) is 5.43 Å². The third kappa shape index (κ3) is 4.70. The summed E-state index contributed by atoms with van der Waals surface area (Å²) in [6.07, 6.45) is 1.16. The second kappa shape index (κ2) is 7.24. The number of carbonyl (C=O) groups excluding carboxylic acids is 2. The van der Waals surface area contributed by atoms with Crippen LogP contribution in [0.4, 0.5) is 0 Å². The number of hydrazine groups is 1. The highest BCUT2D eigenvalue weighted by atomic mass is 16.2. The van der Waals surface area contributed by atoms with Crippen molar-refractivity contribution in [3.05, 3.63) is 0 Å². The minimum atomic E-state index is -0.420. The lowest BCUT2D eigenvalue weighted by Gasteiger charge is -2.18. The summed E-state index contributed by atoms with van der Waals surface area (Å²) in [4.78, 5) is 24.8. The first-order valence-corrected chi connectivity index (χ1v) is 6.21. The molecule has 0 aliphatic carbocycles. The topological polar surface area (TPSA) is 73.5 Å². The van der Waals surface area contributed by atoms with Gasteiger partial charge in [0.25, 0.3) is 0 Å². The molecule has 0 radical (unpaired) electrons. The van der Waals surface area contributed by atoms with Crippen molar-refractivity contribution < 1.29 is 9.59 Å². The predicted molar refractivity (Wildman–Crippen MR) is 65.1 cm³/mol. The van der Waals surface area contributed by atoms with E-state index in [1.54, 1.807) is 0 Å². The molecule has 1 heterocycles. The molecular formula is C11H22N4O2. The molecule has 3 N–H and O–H groups in total. The van der Waals surface area contributed by atoms with Crippen molar-refractivity contribution in [2.75, 3.05) is 26.2 Å². The Balaban J connectivity index is 2.10. The fourth-order valence-corrected chi connectivity index (χ4v) is 1.79. The van der Waals surface area contributed by atoms with Gasteiger partial charge < -0.3 is 10.2 Å². The van der Waals surface area contributed by atoms with Crippen molar-refractivity contribution in [2.45, 2.75) is 32.7 Å². The molecule has 1 fully saturated rings. The SMILES string of the molecule is CCN(CC)CCCNC(=O)C1CC(=O)NN1. The Bertz CT molecular complexity index is 266. The zero-order valence-electron chi connectivity index (χ0n) is 10.6. The molecule has 17 heavy (non-hydrogen) atoms. The van der Waals surface area contributed by atoms with Gasteiger partial charge in [-0.2, -0.15) is 0 Å². The Morgan fingerprint density at radius 2 is 2.18 bits per heavy atom. The molecule has 0 spiro atoms. The Morgan fingerprint density at radius 1 is 1.47 bits per heavy atom. The van der Waals surface area contributed by atoms with E-state index in [-0.39, 0.29) is 18.2 Å². The highest BCUT2D eigenvalue weighted by Crippen LogP contribution is 1.97. The van der Waals surface area contributed by atoms with E-state index in [0.29, 0.717) is 6.54 Å². The fraction of sp³-hybridized carbons (Fsp3) is 0.818. The van der Waals surface area contributed by atoms with Gasteiger partial charge in [-0.15, -0.1) is 0 Å². The number of amides is 2. The van der Waals surface area contributed by atoms with Crippen LogP contribution in [0.5, 0.6) is 0 Å². The summed E-state index contributed by atoms with van der Waals surface area (Å²) in [5, 5.41) is 2.83. The molecule has 1 saturated heterocycles. The minimum Gasteiger partial charge on any atom is -0.355 e. The average Bonchev–Trinajstić information content (AvgIpc) is 2.76. The van der Waals surface area contributed by atoms with Crippen molar-refractivity contribution in [3.63, 3.8) is 0 Å². The summed E-state index contributed by atoms with van der Waals surface area (Å²) in [5.41, 5.74) is 5.08. The molecule has 1 aliphatic rings. The van der Waals surface area contributed by atoms with Crippen LogP contribution < -0.4 is 16.2 Å². The lowest BCUT2D eigenvalue weighted by molar-refractivity contribution is -0.124. The van der Waals surface area contributed by atoms with Crippen LogP contribution in [-0.2, 0) is 9.59 Å². The van der Waals surface area contributed by atoms with E-state index in [1.807, 2.05) is 0 Å². The van der Waals surface area contributed by atoms with Gasteiger partial charge in [0, 0.05) is 6.54 Å². The molecule has 0 aromatic heterocycles. The number of nitrogens with one attached hydrogen (secondary N) is 3. The number of hydrogen-bond donors (Lipinski definition) is 3. The van der Waals surface area contributed by atoms with E-state index in [0.717, 1.165) is 26.1 Å².